The number of carbonyl (C=O) groups excluding carboxylic acids is 1. The Kier molecular flexibility index (Phi) is 5.79. The van der Waals surface area contributed by atoms with Gasteiger partial charge in [0.05, 0.1) is 10.5 Å². The average Bonchev–Trinajstić information content (AvgIpc) is 2.72. The van der Waals surface area contributed by atoms with Crippen LogP contribution in [0.2, 0.25) is 0 Å². The van der Waals surface area contributed by atoms with E-state index in [9.17, 15) is 26.4 Å². The van der Waals surface area contributed by atoms with Crippen LogP contribution >= 0.6 is 0 Å². The maximum atomic E-state index is 13.3. The van der Waals surface area contributed by atoms with E-state index in [0.29, 0.717) is 30.6 Å². The number of amides is 1. The molecule has 1 aliphatic heterocycles. The highest BCUT2D eigenvalue weighted by Gasteiger charge is 2.51. The molecule has 5 nitrogen and oxygen atoms in total. The van der Waals surface area contributed by atoms with Crippen molar-refractivity contribution in [2.75, 3.05) is 6.54 Å². The Bertz CT molecular complexity index is 971. The first-order valence-corrected chi connectivity index (χ1v) is 13.5. The first kappa shape index (κ1) is 23.1. The molecule has 1 amide bonds. The van der Waals surface area contributed by atoms with Crippen LogP contribution in [-0.2, 0) is 21.0 Å². The maximum absolute atomic E-state index is 13.3. The molecule has 4 bridgehead atoms. The van der Waals surface area contributed by atoms with Crippen LogP contribution in [0.4, 0.5) is 13.2 Å². The van der Waals surface area contributed by atoms with Gasteiger partial charge < -0.3 is 5.32 Å². The fourth-order valence-electron chi connectivity index (χ4n) is 7.27. The largest absolute Gasteiger partial charge is 0.416 e. The summed E-state index contributed by atoms with van der Waals surface area (Å²) in [5.74, 6) is 1.99. The predicted molar refractivity (Wildman–Crippen MR) is 117 cm³/mol. The number of hydrogen-bond donors (Lipinski definition) is 1. The molecule has 6 rings (SSSR count). The van der Waals surface area contributed by atoms with Crippen molar-refractivity contribution in [1.29, 1.82) is 0 Å². The van der Waals surface area contributed by atoms with E-state index in [2.05, 4.69) is 5.32 Å². The molecule has 5 fully saturated rings. The van der Waals surface area contributed by atoms with Crippen molar-refractivity contribution in [3.8, 4) is 0 Å². The lowest BCUT2D eigenvalue weighted by Crippen LogP contribution is -2.60. The van der Waals surface area contributed by atoms with E-state index >= 15 is 0 Å². The monoisotopic (exact) mass is 484 g/mol. The third kappa shape index (κ3) is 4.55. The maximum Gasteiger partial charge on any atom is 0.416 e. The van der Waals surface area contributed by atoms with Gasteiger partial charge in [0.25, 0.3) is 0 Å². The number of nitrogens with zero attached hydrogens (tertiary/aromatic N) is 1. The van der Waals surface area contributed by atoms with Gasteiger partial charge in [0, 0.05) is 24.5 Å². The first-order chi connectivity index (χ1) is 15.5. The van der Waals surface area contributed by atoms with Gasteiger partial charge in [0.15, 0.2) is 0 Å². The Hall–Kier alpha value is -1.61. The van der Waals surface area contributed by atoms with E-state index in [0.717, 1.165) is 49.9 Å². The summed E-state index contributed by atoms with van der Waals surface area (Å²) in [5, 5.41) is 3.32. The van der Waals surface area contributed by atoms with Crippen molar-refractivity contribution in [3.63, 3.8) is 0 Å². The molecule has 182 valence electrons. The summed E-state index contributed by atoms with van der Waals surface area (Å²) >= 11 is 0. The summed E-state index contributed by atoms with van der Waals surface area (Å²) < 4.78 is 66.5. The molecule has 4 saturated carbocycles. The van der Waals surface area contributed by atoms with Crippen molar-refractivity contribution < 1.29 is 26.4 Å². The second-order valence-electron chi connectivity index (χ2n) is 10.7. The van der Waals surface area contributed by atoms with Gasteiger partial charge in [-0.3, -0.25) is 4.79 Å². The highest BCUT2D eigenvalue weighted by Crippen LogP contribution is 2.55. The number of sulfonamides is 1. The number of halogens is 3. The van der Waals surface area contributed by atoms with Crippen LogP contribution in [0.5, 0.6) is 0 Å². The fraction of sp³-hybridized carbons (Fsp3) is 0.708. The van der Waals surface area contributed by atoms with Crippen LogP contribution in [-0.4, -0.2) is 36.8 Å². The third-order valence-corrected chi connectivity index (χ3v) is 10.2. The standard InChI is InChI=1S/C24H31F3N2O3S/c25-24(26,27)19-4-6-21(7-5-19)33(31,32)29-8-2-1-3-20(29)12-22(30)28-23-13-16-9-17(14-23)11-18(10-16)15-23/h4-7,16-18,20H,1-3,8-15H2,(H,28,30). The fourth-order valence-corrected chi connectivity index (χ4v) is 8.96. The summed E-state index contributed by atoms with van der Waals surface area (Å²) in [6.07, 6.45) is 4.57. The quantitative estimate of drug-likeness (QED) is 0.658. The molecule has 0 radical (unpaired) electrons. The number of rotatable bonds is 5. The Labute approximate surface area is 193 Å². The molecule has 33 heavy (non-hydrogen) atoms. The Morgan fingerprint density at radius 2 is 1.58 bits per heavy atom. The normalized spacial score (nSPS) is 34.4. The highest BCUT2D eigenvalue weighted by molar-refractivity contribution is 7.89. The lowest BCUT2D eigenvalue weighted by Gasteiger charge is -2.57. The zero-order valence-electron chi connectivity index (χ0n) is 18.6. The summed E-state index contributed by atoms with van der Waals surface area (Å²) in [7, 11) is -3.99. The van der Waals surface area contributed by atoms with Crippen molar-refractivity contribution in [2.45, 2.75) is 86.9 Å². The average molecular weight is 485 g/mol. The number of alkyl halides is 3. The van der Waals surface area contributed by atoms with Crippen molar-refractivity contribution in [3.05, 3.63) is 29.8 Å². The molecule has 0 spiro atoms. The molecule has 1 atom stereocenters. The van der Waals surface area contributed by atoms with E-state index in [4.69, 9.17) is 0 Å². The minimum atomic E-state index is -4.52. The number of nitrogens with one attached hydrogen (secondary N) is 1. The SMILES string of the molecule is O=C(CC1CCCCN1S(=O)(=O)c1ccc(C(F)(F)F)cc1)NC12CC3CC(CC(C3)C1)C2. The highest BCUT2D eigenvalue weighted by atomic mass is 32.2. The van der Waals surface area contributed by atoms with Gasteiger partial charge in [0.1, 0.15) is 0 Å². The van der Waals surface area contributed by atoms with Gasteiger partial charge in [-0.25, -0.2) is 8.42 Å². The molecule has 9 heteroatoms. The van der Waals surface area contributed by atoms with E-state index in [1.807, 2.05) is 0 Å². The van der Waals surface area contributed by atoms with Gasteiger partial charge in [-0.2, -0.15) is 17.5 Å². The lowest BCUT2D eigenvalue weighted by molar-refractivity contribution is -0.137. The van der Waals surface area contributed by atoms with Crippen LogP contribution in [0.25, 0.3) is 0 Å². The third-order valence-electron chi connectivity index (χ3n) is 8.23. The number of benzene rings is 1. The molecule has 1 aromatic carbocycles. The minimum Gasteiger partial charge on any atom is -0.351 e. The van der Waals surface area contributed by atoms with Crippen molar-refractivity contribution in [2.24, 2.45) is 17.8 Å². The Morgan fingerprint density at radius 3 is 2.12 bits per heavy atom. The molecular formula is C24H31F3N2O3S. The summed E-state index contributed by atoms with van der Waals surface area (Å²) in [6, 6.07) is 3.15. The smallest absolute Gasteiger partial charge is 0.351 e. The van der Waals surface area contributed by atoms with E-state index in [1.54, 1.807) is 0 Å². The van der Waals surface area contributed by atoms with Crippen LogP contribution in [0.3, 0.4) is 0 Å². The van der Waals surface area contributed by atoms with Gasteiger partial charge in [-0.05, 0) is 93.4 Å². The lowest BCUT2D eigenvalue weighted by atomic mass is 9.53. The molecule has 5 aliphatic rings. The van der Waals surface area contributed by atoms with Crippen LogP contribution in [0.15, 0.2) is 29.2 Å². The molecule has 1 N–H and O–H groups in total. The van der Waals surface area contributed by atoms with E-state index in [1.165, 1.54) is 23.6 Å². The molecular weight excluding hydrogens is 453 g/mol. The van der Waals surface area contributed by atoms with Crippen LogP contribution in [0.1, 0.15) is 69.8 Å². The summed E-state index contributed by atoms with van der Waals surface area (Å²) in [6.45, 7) is 0.276. The van der Waals surface area contributed by atoms with Crippen LogP contribution in [0, 0.1) is 17.8 Å². The molecule has 1 aromatic rings. The van der Waals surface area contributed by atoms with Gasteiger partial charge in [-0.15, -0.1) is 0 Å². The predicted octanol–water partition coefficient (Wildman–Crippen LogP) is 4.72. The first-order valence-electron chi connectivity index (χ1n) is 12.0. The van der Waals surface area contributed by atoms with Crippen molar-refractivity contribution >= 4 is 15.9 Å². The summed E-state index contributed by atoms with van der Waals surface area (Å²) in [5.41, 5.74) is -1.01. The second kappa shape index (κ2) is 8.26. The van der Waals surface area contributed by atoms with Crippen molar-refractivity contribution in [1.82, 2.24) is 9.62 Å². The second-order valence-corrected chi connectivity index (χ2v) is 12.6. The molecule has 0 aromatic heterocycles. The minimum absolute atomic E-state index is 0.0988. The van der Waals surface area contributed by atoms with E-state index in [-0.39, 0.29) is 29.3 Å². The van der Waals surface area contributed by atoms with Gasteiger partial charge in [-0.1, -0.05) is 6.42 Å². The van der Waals surface area contributed by atoms with Gasteiger partial charge >= 0.3 is 6.18 Å². The molecule has 1 heterocycles. The van der Waals surface area contributed by atoms with Crippen LogP contribution < -0.4 is 5.32 Å². The number of piperidine rings is 1. The zero-order valence-corrected chi connectivity index (χ0v) is 19.4. The topological polar surface area (TPSA) is 66.5 Å². The van der Waals surface area contributed by atoms with E-state index < -0.39 is 27.8 Å². The molecule has 1 saturated heterocycles. The zero-order chi connectivity index (χ0) is 23.4. The van der Waals surface area contributed by atoms with Gasteiger partial charge in [0.2, 0.25) is 15.9 Å². The Balaban J connectivity index is 1.29. The number of carbonyl (C=O) groups is 1. The number of hydrogen-bond acceptors (Lipinski definition) is 3. The Morgan fingerprint density at radius 1 is 1.00 bits per heavy atom. The molecule has 4 aliphatic carbocycles. The summed E-state index contributed by atoms with van der Waals surface area (Å²) in [4.78, 5) is 12.9. The molecule has 1 unspecified atom stereocenters.